The van der Waals surface area contributed by atoms with E-state index in [1.54, 1.807) is 0 Å². The first kappa shape index (κ1) is 14.8. The quantitative estimate of drug-likeness (QED) is 0.499. The zero-order valence-electron chi connectivity index (χ0n) is 10.3. The van der Waals surface area contributed by atoms with Crippen LogP contribution in [-0.2, 0) is 9.47 Å². The highest BCUT2D eigenvalue weighted by Crippen LogP contribution is 1.84. The summed E-state index contributed by atoms with van der Waals surface area (Å²) in [7, 11) is 0. The second-order valence-corrected chi connectivity index (χ2v) is 3.64. The normalized spacial score (nSPS) is 11.2. The summed E-state index contributed by atoms with van der Waals surface area (Å²) >= 11 is 0. The molecule has 0 rings (SSSR count). The Bertz CT molecular complexity index is 121. The number of nitrogens with one attached hydrogen (secondary N) is 2. The minimum atomic E-state index is 0.322. The van der Waals surface area contributed by atoms with Gasteiger partial charge in [-0.15, -0.1) is 0 Å². The van der Waals surface area contributed by atoms with Crippen LogP contribution in [0.5, 0.6) is 0 Å². The zero-order valence-corrected chi connectivity index (χ0v) is 10.3. The SMILES string of the molecule is CCNCCOCCNCCOC(C)C. The average Bonchev–Trinajstić information content (AvgIpc) is 2.20. The monoisotopic (exact) mass is 218 g/mol. The third-order valence-corrected chi connectivity index (χ3v) is 1.83. The standard InChI is InChI=1S/C11H26N2O2/c1-4-12-5-8-14-9-6-13-7-10-15-11(2)3/h11-13H,4-10H2,1-3H3. The molecular weight excluding hydrogens is 192 g/mol. The lowest BCUT2D eigenvalue weighted by atomic mass is 10.5. The van der Waals surface area contributed by atoms with Gasteiger partial charge in [-0.05, 0) is 20.4 Å². The minimum Gasteiger partial charge on any atom is -0.379 e. The summed E-state index contributed by atoms with van der Waals surface area (Å²) in [6.45, 7) is 12.3. The molecule has 0 heterocycles. The highest BCUT2D eigenvalue weighted by Gasteiger charge is 1.92. The number of ether oxygens (including phenoxy) is 2. The highest BCUT2D eigenvalue weighted by atomic mass is 16.5. The lowest BCUT2D eigenvalue weighted by Gasteiger charge is -2.08. The van der Waals surface area contributed by atoms with Gasteiger partial charge in [0.1, 0.15) is 0 Å². The first-order chi connectivity index (χ1) is 7.27. The van der Waals surface area contributed by atoms with E-state index in [-0.39, 0.29) is 0 Å². The van der Waals surface area contributed by atoms with Crippen LogP contribution in [0.15, 0.2) is 0 Å². The molecule has 0 atom stereocenters. The molecule has 4 heteroatoms. The average molecular weight is 218 g/mol. The second kappa shape index (κ2) is 11.9. The van der Waals surface area contributed by atoms with Crippen LogP contribution in [0, 0.1) is 0 Å². The third kappa shape index (κ3) is 13.8. The molecule has 92 valence electrons. The molecule has 0 aliphatic heterocycles. The fourth-order valence-electron chi connectivity index (χ4n) is 1.06. The van der Waals surface area contributed by atoms with Gasteiger partial charge < -0.3 is 20.1 Å². The van der Waals surface area contributed by atoms with Crippen LogP contribution in [-0.4, -0.2) is 52.1 Å². The molecule has 0 aromatic carbocycles. The van der Waals surface area contributed by atoms with E-state index in [2.05, 4.69) is 17.6 Å². The van der Waals surface area contributed by atoms with Crippen molar-refractivity contribution in [3.8, 4) is 0 Å². The predicted molar refractivity (Wildman–Crippen MR) is 63.3 cm³/mol. The molecule has 4 nitrogen and oxygen atoms in total. The molecule has 0 aromatic heterocycles. The van der Waals surface area contributed by atoms with Crippen LogP contribution in [0.25, 0.3) is 0 Å². The summed E-state index contributed by atoms with van der Waals surface area (Å²) in [4.78, 5) is 0. The molecule has 0 aliphatic carbocycles. The lowest BCUT2D eigenvalue weighted by molar-refractivity contribution is 0.0784. The predicted octanol–water partition coefficient (Wildman–Crippen LogP) is 0.627. The van der Waals surface area contributed by atoms with Gasteiger partial charge in [-0.1, -0.05) is 6.92 Å². The van der Waals surface area contributed by atoms with Crippen molar-refractivity contribution in [2.24, 2.45) is 0 Å². The number of hydrogen-bond acceptors (Lipinski definition) is 4. The van der Waals surface area contributed by atoms with Crippen LogP contribution >= 0.6 is 0 Å². The number of rotatable bonds is 11. The maximum Gasteiger partial charge on any atom is 0.0594 e. The van der Waals surface area contributed by atoms with E-state index >= 15 is 0 Å². The van der Waals surface area contributed by atoms with Gasteiger partial charge in [-0.2, -0.15) is 0 Å². The van der Waals surface area contributed by atoms with Crippen molar-refractivity contribution >= 4 is 0 Å². The van der Waals surface area contributed by atoms with E-state index in [1.165, 1.54) is 0 Å². The van der Waals surface area contributed by atoms with Gasteiger partial charge in [0.2, 0.25) is 0 Å². The Morgan fingerprint density at radius 3 is 2.13 bits per heavy atom. The summed E-state index contributed by atoms with van der Waals surface area (Å²) in [5.74, 6) is 0. The number of likely N-dealkylation sites (N-methyl/N-ethyl adjacent to an activating group) is 1. The van der Waals surface area contributed by atoms with Crippen molar-refractivity contribution in [2.45, 2.75) is 26.9 Å². The molecule has 0 radical (unpaired) electrons. The molecule has 0 amide bonds. The Labute approximate surface area is 93.7 Å². The largest absolute Gasteiger partial charge is 0.379 e. The van der Waals surface area contributed by atoms with E-state index in [1.807, 2.05) is 13.8 Å². The van der Waals surface area contributed by atoms with Crippen LogP contribution < -0.4 is 10.6 Å². The molecule has 0 aliphatic rings. The molecule has 0 bridgehead atoms. The Hall–Kier alpha value is -0.160. The van der Waals surface area contributed by atoms with Crippen LogP contribution in [0.4, 0.5) is 0 Å². The Kier molecular flexibility index (Phi) is 11.8. The van der Waals surface area contributed by atoms with E-state index in [4.69, 9.17) is 9.47 Å². The third-order valence-electron chi connectivity index (χ3n) is 1.83. The molecule has 2 N–H and O–H groups in total. The second-order valence-electron chi connectivity index (χ2n) is 3.64. The lowest BCUT2D eigenvalue weighted by Crippen LogP contribution is -2.26. The van der Waals surface area contributed by atoms with Gasteiger partial charge in [0.05, 0.1) is 25.9 Å². The van der Waals surface area contributed by atoms with E-state index in [9.17, 15) is 0 Å². The summed E-state index contributed by atoms with van der Waals surface area (Å²) in [6.07, 6.45) is 0.322. The van der Waals surface area contributed by atoms with Crippen molar-refractivity contribution in [3.05, 3.63) is 0 Å². The van der Waals surface area contributed by atoms with Gasteiger partial charge in [0.15, 0.2) is 0 Å². The van der Waals surface area contributed by atoms with Gasteiger partial charge in [0.25, 0.3) is 0 Å². The maximum absolute atomic E-state index is 5.40. The molecule has 0 unspecified atom stereocenters. The fraction of sp³-hybridized carbons (Fsp3) is 1.00. The zero-order chi connectivity index (χ0) is 11.4. The van der Waals surface area contributed by atoms with Crippen molar-refractivity contribution in [1.29, 1.82) is 0 Å². The Balaban J connectivity index is 2.87. The number of hydrogen-bond donors (Lipinski definition) is 2. The van der Waals surface area contributed by atoms with E-state index in [0.29, 0.717) is 6.10 Å². The first-order valence-electron chi connectivity index (χ1n) is 5.88. The van der Waals surface area contributed by atoms with Gasteiger partial charge in [-0.25, -0.2) is 0 Å². The van der Waals surface area contributed by atoms with Gasteiger partial charge in [0, 0.05) is 19.6 Å². The van der Waals surface area contributed by atoms with Crippen molar-refractivity contribution in [1.82, 2.24) is 10.6 Å². The molecular formula is C11H26N2O2. The summed E-state index contributed by atoms with van der Waals surface area (Å²) in [6, 6.07) is 0. The Morgan fingerprint density at radius 1 is 0.933 bits per heavy atom. The van der Waals surface area contributed by atoms with E-state index in [0.717, 1.165) is 46.0 Å². The molecule has 0 fully saturated rings. The molecule has 15 heavy (non-hydrogen) atoms. The highest BCUT2D eigenvalue weighted by molar-refractivity contribution is 4.47. The van der Waals surface area contributed by atoms with Gasteiger partial charge in [-0.3, -0.25) is 0 Å². The first-order valence-corrected chi connectivity index (χ1v) is 5.88. The van der Waals surface area contributed by atoms with Crippen molar-refractivity contribution < 1.29 is 9.47 Å². The van der Waals surface area contributed by atoms with Crippen LogP contribution in [0.1, 0.15) is 20.8 Å². The van der Waals surface area contributed by atoms with Crippen molar-refractivity contribution in [2.75, 3.05) is 46.0 Å². The van der Waals surface area contributed by atoms with Crippen LogP contribution in [0.3, 0.4) is 0 Å². The molecule has 0 saturated carbocycles. The van der Waals surface area contributed by atoms with E-state index < -0.39 is 0 Å². The molecule has 0 saturated heterocycles. The fourth-order valence-corrected chi connectivity index (χ4v) is 1.06. The summed E-state index contributed by atoms with van der Waals surface area (Å²) < 4.78 is 10.8. The molecule has 0 aromatic rings. The maximum atomic E-state index is 5.40. The minimum absolute atomic E-state index is 0.322. The summed E-state index contributed by atoms with van der Waals surface area (Å²) in [5.41, 5.74) is 0. The smallest absolute Gasteiger partial charge is 0.0594 e. The van der Waals surface area contributed by atoms with Gasteiger partial charge >= 0.3 is 0 Å². The Morgan fingerprint density at radius 2 is 1.53 bits per heavy atom. The van der Waals surface area contributed by atoms with Crippen molar-refractivity contribution in [3.63, 3.8) is 0 Å². The molecule has 0 spiro atoms. The topological polar surface area (TPSA) is 42.5 Å². The van der Waals surface area contributed by atoms with Crippen LogP contribution in [0.2, 0.25) is 0 Å². The summed E-state index contributed by atoms with van der Waals surface area (Å²) in [5, 5.41) is 6.47.